The van der Waals surface area contributed by atoms with E-state index in [4.69, 9.17) is 4.42 Å². The molecule has 0 radical (unpaired) electrons. The highest BCUT2D eigenvalue weighted by Crippen LogP contribution is 2.19. The zero-order valence-electron chi connectivity index (χ0n) is 8.41. The van der Waals surface area contributed by atoms with Crippen molar-refractivity contribution in [3.8, 4) is 0 Å². The Morgan fingerprint density at radius 2 is 2.27 bits per heavy atom. The first-order valence-electron chi connectivity index (χ1n) is 4.71. The fourth-order valence-corrected chi connectivity index (χ4v) is 1.41. The van der Waals surface area contributed by atoms with Crippen molar-refractivity contribution >= 4 is 22.6 Å². The van der Waals surface area contributed by atoms with Gasteiger partial charge in [-0.05, 0) is 31.3 Å². The Bertz CT molecular complexity index is 476. The number of carbonyl (C=O) groups is 1. The van der Waals surface area contributed by atoms with Gasteiger partial charge in [-0.25, -0.2) is 0 Å². The van der Waals surface area contributed by atoms with E-state index in [1.807, 2.05) is 24.3 Å². The molecule has 1 aromatic heterocycles. The van der Waals surface area contributed by atoms with E-state index in [0.717, 1.165) is 16.7 Å². The number of fused-ring (bicyclic) bond motifs is 1. The smallest absolute Gasteiger partial charge is 0.238 e. The van der Waals surface area contributed by atoms with Gasteiger partial charge in [-0.2, -0.15) is 0 Å². The summed E-state index contributed by atoms with van der Waals surface area (Å²) >= 11 is 0. The molecule has 1 aromatic carbocycles. The van der Waals surface area contributed by atoms with Crippen LogP contribution < -0.4 is 10.6 Å². The maximum absolute atomic E-state index is 11.3. The number of amides is 1. The molecule has 0 bridgehead atoms. The van der Waals surface area contributed by atoms with E-state index in [1.54, 1.807) is 13.3 Å². The highest BCUT2D eigenvalue weighted by atomic mass is 16.3. The summed E-state index contributed by atoms with van der Waals surface area (Å²) in [7, 11) is 1.73. The summed E-state index contributed by atoms with van der Waals surface area (Å²) in [4.78, 5) is 11.3. The minimum atomic E-state index is -0.0552. The van der Waals surface area contributed by atoms with Gasteiger partial charge in [0.1, 0.15) is 5.58 Å². The first-order chi connectivity index (χ1) is 7.29. The molecular formula is C11H12N2O2. The highest BCUT2D eigenvalue weighted by Gasteiger charge is 2.02. The van der Waals surface area contributed by atoms with Gasteiger partial charge in [-0.15, -0.1) is 0 Å². The Hall–Kier alpha value is -1.81. The quantitative estimate of drug-likeness (QED) is 0.798. The van der Waals surface area contributed by atoms with Crippen LogP contribution >= 0.6 is 0 Å². The Morgan fingerprint density at radius 1 is 1.40 bits per heavy atom. The number of anilines is 1. The molecule has 0 fully saturated rings. The van der Waals surface area contributed by atoms with Crippen molar-refractivity contribution < 1.29 is 9.21 Å². The Kier molecular flexibility index (Phi) is 2.69. The first kappa shape index (κ1) is 9.73. The lowest BCUT2D eigenvalue weighted by Gasteiger charge is -2.03. The van der Waals surface area contributed by atoms with E-state index in [1.165, 1.54) is 0 Å². The lowest BCUT2D eigenvalue weighted by molar-refractivity contribution is -0.115. The van der Waals surface area contributed by atoms with Crippen molar-refractivity contribution in [1.29, 1.82) is 0 Å². The number of nitrogens with one attached hydrogen (secondary N) is 2. The number of hydrogen-bond donors (Lipinski definition) is 2. The van der Waals surface area contributed by atoms with Crippen LogP contribution in [0.1, 0.15) is 0 Å². The second kappa shape index (κ2) is 4.14. The van der Waals surface area contributed by atoms with E-state index in [2.05, 4.69) is 10.6 Å². The number of carbonyl (C=O) groups excluding carboxylic acids is 1. The first-order valence-corrected chi connectivity index (χ1v) is 4.71. The fraction of sp³-hybridized carbons (Fsp3) is 0.182. The van der Waals surface area contributed by atoms with Gasteiger partial charge in [0.15, 0.2) is 0 Å². The van der Waals surface area contributed by atoms with E-state index < -0.39 is 0 Å². The average molecular weight is 204 g/mol. The van der Waals surface area contributed by atoms with Crippen molar-refractivity contribution in [1.82, 2.24) is 5.32 Å². The summed E-state index contributed by atoms with van der Waals surface area (Å²) in [5, 5.41) is 6.55. The van der Waals surface area contributed by atoms with E-state index in [0.29, 0.717) is 6.54 Å². The van der Waals surface area contributed by atoms with Gasteiger partial charge in [-0.3, -0.25) is 4.79 Å². The molecule has 78 valence electrons. The Labute approximate surface area is 87.3 Å². The minimum Gasteiger partial charge on any atom is -0.464 e. The lowest BCUT2D eigenvalue weighted by atomic mass is 10.2. The van der Waals surface area contributed by atoms with E-state index in [-0.39, 0.29) is 5.91 Å². The van der Waals surface area contributed by atoms with Crippen LogP contribution in [0.15, 0.2) is 34.9 Å². The molecule has 0 atom stereocenters. The molecule has 4 heteroatoms. The molecule has 0 saturated carbocycles. The third-order valence-corrected chi connectivity index (χ3v) is 2.07. The topological polar surface area (TPSA) is 54.3 Å². The average Bonchev–Trinajstić information content (AvgIpc) is 2.65. The normalized spacial score (nSPS) is 10.5. The Balaban J connectivity index is 2.17. The van der Waals surface area contributed by atoms with Crippen molar-refractivity contribution in [2.45, 2.75) is 0 Å². The highest BCUT2D eigenvalue weighted by molar-refractivity contribution is 5.94. The third kappa shape index (κ3) is 2.16. The summed E-state index contributed by atoms with van der Waals surface area (Å²) in [5.74, 6) is -0.0552. The van der Waals surface area contributed by atoms with Gasteiger partial charge < -0.3 is 15.1 Å². The van der Waals surface area contributed by atoms with Crippen LogP contribution in [0.25, 0.3) is 11.0 Å². The molecule has 0 saturated heterocycles. The predicted molar refractivity (Wildman–Crippen MR) is 58.8 cm³/mol. The molecule has 15 heavy (non-hydrogen) atoms. The van der Waals surface area contributed by atoms with Gasteiger partial charge >= 0.3 is 0 Å². The zero-order valence-corrected chi connectivity index (χ0v) is 8.41. The molecule has 1 heterocycles. The molecule has 0 spiro atoms. The Morgan fingerprint density at radius 3 is 3.07 bits per heavy atom. The number of rotatable bonds is 3. The van der Waals surface area contributed by atoms with Gasteiger partial charge in [0, 0.05) is 11.1 Å². The van der Waals surface area contributed by atoms with E-state index in [9.17, 15) is 4.79 Å². The number of likely N-dealkylation sites (N-methyl/N-ethyl adjacent to an activating group) is 1. The standard InChI is InChI=1S/C11H12N2O2/c1-12-7-11(14)13-9-2-3-10-8(6-9)4-5-15-10/h2-6,12H,7H2,1H3,(H,13,14). The molecule has 4 nitrogen and oxygen atoms in total. The second-order valence-electron chi connectivity index (χ2n) is 3.25. The number of furan rings is 1. The third-order valence-electron chi connectivity index (χ3n) is 2.07. The van der Waals surface area contributed by atoms with Crippen LogP contribution in [0, 0.1) is 0 Å². The molecule has 0 unspecified atom stereocenters. The maximum Gasteiger partial charge on any atom is 0.238 e. The number of benzene rings is 1. The lowest BCUT2D eigenvalue weighted by Crippen LogP contribution is -2.24. The van der Waals surface area contributed by atoms with Crippen molar-refractivity contribution in [3.05, 3.63) is 30.5 Å². The molecule has 2 N–H and O–H groups in total. The van der Waals surface area contributed by atoms with Crippen LogP contribution in [-0.4, -0.2) is 19.5 Å². The van der Waals surface area contributed by atoms with Crippen LogP contribution in [0.4, 0.5) is 5.69 Å². The second-order valence-corrected chi connectivity index (χ2v) is 3.25. The summed E-state index contributed by atoms with van der Waals surface area (Å²) in [6.07, 6.45) is 1.63. The molecular weight excluding hydrogens is 192 g/mol. The van der Waals surface area contributed by atoms with Crippen molar-refractivity contribution in [2.75, 3.05) is 18.9 Å². The summed E-state index contributed by atoms with van der Waals surface area (Å²) in [6, 6.07) is 7.40. The molecule has 2 rings (SSSR count). The molecule has 0 aliphatic heterocycles. The monoisotopic (exact) mass is 204 g/mol. The summed E-state index contributed by atoms with van der Waals surface area (Å²) < 4.78 is 5.20. The van der Waals surface area contributed by atoms with Crippen LogP contribution in [0.5, 0.6) is 0 Å². The van der Waals surface area contributed by atoms with Crippen LogP contribution in [-0.2, 0) is 4.79 Å². The van der Waals surface area contributed by atoms with Crippen molar-refractivity contribution in [3.63, 3.8) is 0 Å². The summed E-state index contributed by atoms with van der Waals surface area (Å²) in [5.41, 5.74) is 1.60. The van der Waals surface area contributed by atoms with Crippen molar-refractivity contribution in [2.24, 2.45) is 0 Å². The molecule has 0 aliphatic carbocycles. The minimum absolute atomic E-state index is 0.0552. The number of hydrogen-bond acceptors (Lipinski definition) is 3. The van der Waals surface area contributed by atoms with Gasteiger partial charge in [0.2, 0.25) is 5.91 Å². The van der Waals surface area contributed by atoms with Gasteiger partial charge in [-0.1, -0.05) is 0 Å². The maximum atomic E-state index is 11.3. The zero-order chi connectivity index (χ0) is 10.7. The largest absolute Gasteiger partial charge is 0.464 e. The van der Waals surface area contributed by atoms with Gasteiger partial charge in [0.25, 0.3) is 0 Å². The molecule has 2 aromatic rings. The van der Waals surface area contributed by atoms with E-state index >= 15 is 0 Å². The van der Waals surface area contributed by atoms with Crippen LogP contribution in [0.3, 0.4) is 0 Å². The molecule has 0 aliphatic rings. The predicted octanol–water partition coefficient (Wildman–Crippen LogP) is 1.59. The fourth-order valence-electron chi connectivity index (χ4n) is 1.41. The SMILES string of the molecule is CNCC(=O)Nc1ccc2occc2c1. The molecule has 1 amide bonds. The van der Waals surface area contributed by atoms with Crippen LogP contribution in [0.2, 0.25) is 0 Å². The van der Waals surface area contributed by atoms with Gasteiger partial charge in [0.05, 0.1) is 12.8 Å². The summed E-state index contributed by atoms with van der Waals surface area (Å²) in [6.45, 7) is 0.309.